The van der Waals surface area contributed by atoms with E-state index in [1.54, 1.807) is 19.2 Å². The molecule has 1 aromatic rings. The molecule has 1 amide bonds. The van der Waals surface area contributed by atoms with Crippen LogP contribution in [0.4, 0.5) is 5.82 Å². The Balaban J connectivity index is 2.17. The molecule has 1 aliphatic rings. The van der Waals surface area contributed by atoms with Crippen molar-refractivity contribution in [1.82, 2.24) is 10.3 Å². The van der Waals surface area contributed by atoms with Gasteiger partial charge < -0.3 is 10.6 Å². The van der Waals surface area contributed by atoms with Gasteiger partial charge in [0.1, 0.15) is 5.82 Å². The number of carbonyl (C=O) groups excluding carboxylic acids is 1. The first-order valence-electron chi connectivity index (χ1n) is 5.16. The first-order chi connectivity index (χ1) is 7.19. The highest BCUT2D eigenvalue weighted by Crippen LogP contribution is 2.19. The zero-order chi connectivity index (χ0) is 10.8. The Morgan fingerprint density at radius 1 is 1.47 bits per heavy atom. The average molecular weight is 205 g/mol. The van der Waals surface area contributed by atoms with Gasteiger partial charge in [-0.1, -0.05) is 0 Å². The zero-order valence-electron chi connectivity index (χ0n) is 9.00. The molecule has 1 saturated carbocycles. The summed E-state index contributed by atoms with van der Waals surface area (Å²) in [5.41, 5.74) is 1.53. The van der Waals surface area contributed by atoms with Crippen molar-refractivity contribution in [3.8, 4) is 0 Å². The van der Waals surface area contributed by atoms with Gasteiger partial charge in [0.2, 0.25) is 0 Å². The van der Waals surface area contributed by atoms with Crippen LogP contribution >= 0.6 is 0 Å². The summed E-state index contributed by atoms with van der Waals surface area (Å²) in [6.45, 7) is 1.88. The van der Waals surface area contributed by atoms with Crippen LogP contribution in [0.1, 0.15) is 28.9 Å². The Kier molecular flexibility index (Phi) is 2.58. The maximum atomic E-state index is 11.7. The fourth-order valence-corrected chi connectivity index (χ4v) is 1.42. The number of nitrogens with zero attached hydrogens (tertiary/aromatic N) is 1. The number of aryl methyl sites for hydroxylation is 1. The van der Waals surface area contributed by atoms with E-state index in [0.29, 0.717) is 11.6 Å². The van der Waals surface area contributed by atoms with Gasteiger partial charge in [-0.05, 0) is 31.9 Å². The van der Waals surface area contributed by atoms with E-state index in [9.17, 15) is 4.79 Å². The predicted octanol–water partition coefficient (Wildman–Crippen LogP) is 1.32. The van der Waals surface area contributed by atoms with Crippen molar-refractivity contribution >= 4 is 11.7 Å². The second-order valence-electron chi connectivity index (χ2n) is 3.88. The lowest BCUT2D eigenvalue weighted by Crippen LogP contribution is -2.25. The Labute approximate surface area is 89.1 Å². The Bertz CT molecular complexity index is 385. The van der Waals surface area contributed by atoms with Crippen molar-refractivity contribution in [2.75, 3.05) is 12.4 Å². The van der Waals surface area contributed by atoms with Gasteiger partial charge >= 0.3 is 0 Å². The van der Waals surface area contributed by atoms with Gasteiger partial charge in [-0.2, -0.15) is 0 Å². The molecule has 0 radical (unpaired) electrons. The van der Waals surface area contributed by atoms with E-state index in [4.69, 9.17) is 0 Å². The van der Waals surface area contributed by atoms with Gasteiger partial charge in [0.05, 0.1) is 0 Å². The second kappa shape index (κ2) is 3.88. The molecule has 0 aromatic carbocycles. The van der Waals surface area contributed by atoms with Crippen LogP contribution in [0.3, 0.4) is 0 Å². The maximum Gasteiger partial charge on any atom is 0.251 e. The lowest BCUT2D eigenvalue weighted by atomic mass is 10.2. The van der Waals surface area contributed by atoms with E-state index in [1.165, 1.54) is 0 Å². The fourth-order valence-electron chi connectivity index (χ4n) is 1.42. The summed E-state index contributed by atoms with van der Waals surface area (Å²) < 4.78 is 0. The van der Waals surface area contributed by atoms with Crippen molar-refractivity contribution in [3.05, 3.63) is 23.4 Å². The SMILES string of the molecule is CNc1cc(C(=O)NC2CC2)cc(C)n1. The third kappa shape index (κ3) is 2.46. The summed E-state index contributed by atoms with van der Waals surface area (Å²) in [6, 6.07) is 3.97. The first-order valence-corrected chi connectivity index (χ1v) is 5.16. The number of hydrogen-bond donors (Lipinski definition) is 2. The van der Waals surface area contributed by atoms with Gasteiger partial charge in [0.15, 0.2) is 0 Å². The summed E-state index contributed by atoms with van der Waals surface area (Å²) in [5, 5.41) is 5.90. The van der Waals surface area contributed by atoms with Crippen LogP contribution in [-0.4, -0.2) is 24.0 Å². The summed E-state index contributed by atoms with van der Waals surface area (Å²) in [5.74, 6) is 0.732. The molecule has 15 heavy (non-hydrogen) atoms. The lowest BCUT2D eigenvalue weighted by Gasteiger charge is -2.06. The highest BCUT2D eigenvalue weighted by molar-refractivity contribution is 5.95. The minimum absolute atomic E-state index is 0.000463. The van der Waals surface area contributed by atoms with Crippen molar-refractivity contribution < 1.29 is 4.79 Å². The van der Waals surface area contributed by atoms with E-state index in [2.05, 4.69) is 15.6 Å². The average Bonchev–Trinajstić information content (AvgIpc) is 3.00. The highest BCUT2D eigenvalue weighted by atomic mass is 16.1. The standard InChI is InChI=1S/C11H15N3O/c1-7-5-8(6-10(12-2)13-7)11(15)14-9-3-4-9/h5-6,9H,3-4H2,1-2H3,(H,12,13)(H,14,15). The maximum absolute atomic E-state index is 11.7. The molecule has 2 N–H and O–H groups in total. The van der Waals surface area contributed by atoms with Gasteiger partial charge in [0, 0.05) is 24.3 Å². The number of nitrogens with one attached hydrogen (secondary N) is 2. The second-order valence-corrected chi connectivity index (χ2v) is 3.88. The third-order valence-electron chi connectivity index (χ3n) is 2.38. The molecule has 0 saturated heterocycles. The van der Waals surface area contributed by atoms with Crippen LogP contribution in [-0.2, 0) is 0 Å². The largest absolute Gasteiger partial charge is 0.373 e. The number of pyridine rings is 1. The van der Waals surface area contributed by atoms with Crippen LogP contribution in [0.2, 0.25) is 0 Å². The highest BCUT2D eigenvalue weighted by Gasteiger charge is 2.23. The van der Waals surface area contributed by atoms with Crippen molar-refractivity contribution in [2.45, 2.75) is 25.8 Å². The summed E-state index contributed by atoms with van der Waals surface area (Å²) in [4.78, 5) is 16.0. The molecule has 2 rings (SSSR count). The van der Waals surface area contributed by atoms with Crippen LogP contribution in [0.25, 0.3) is 0 Å². The minimum atomic E-state index is -0.000463. The molecular formula is C11H15N3O. The number of aromatic nitrogens is 1. The van der Waals surface area contributed by atoms with Crippen LogP contribution in [0, 0.1) is 6.92 Å². The number of hydrogen-bond acceptors (Lipinski definition) is 3. The van der Waals surface area contributed by atoms with Crippen molar-refractivity contribution in [2.24, 2.45) is 0 Å². The molecular weight excluding hydrogens is 190 g/mol. The van der Waals surface area contributed by atoms with E-state index >= 15 is 0 Å². The van der Waals surface area contributed by atoms with Gasteiger partial charge in [-0.25, -0.2) is 4.98 Å². The zero-order valence-corrected chi connectivity index (χ0v) is 9.00. The number of rotatable bonds is 3. The molecule has 0 aliphatic heterocycles. The topological polar surface area (TPSA) is 54.0 Å². The number of carbonyl (C=O) groups is 1. The molecule has 1 aliphatic carbocycles. The predicted molar refractivity (Wildman–Crippen MR) is 59.0 cm³/mol. The molecule has 0 bridgehead atoms. The molecule has 0 atom stereocenters. The van der Waals surface area contributed by atoms with Gasteiger partial charge in [0.25, 0.3) is 5.91 Å². The summed E-state index contributed by atoms with van der Waals surface area (Å²) in [6.07, 6.45) is 2.21. The summed E-state index contributed by atoms with van der Waals surface area (Å²) >= 11 is 0. The molecule has 1 aromatic heterocycles. The van der Waals surface area contributed by atoms with Crippen molar-refractivity contribution in [1.29, 1.82) is 0 Å². The van der Waals surface area contributed by atoms with Crippen LogP contribution in [0.15, 0.2) is 12.1 Å². The molecule has 0 unspecified atom stereocenters. The number of amides is 1. The third-order valence-corrected chi connectivity index (χ3v) is 2.38. The van der Waals surface area contributed by atoms with E-state index in [0.717, 1.165) is 24.4 Å². The van der Waals surface area contributed by atoms with E-state index in [1.807, 2.05) is 6.92 Å². The van der Waals surface area contributed by atoms with Gasteiger partial charge in [-0.3, -0.25) is 4.79 Å². The van der Waals surface area contributed by atoms with E-state index < -0.39 is 0 Å². The Hall–Kier alpha value is -1.58. The quantitative estimate of drug-likeness (QED) is 0.782. The Morgan fingerprint density at radius 2 is 2.20 bits per heavy atom. The van der Waals surface area contributed by atoms with Crippen molar-refractivity contribution in [3.63, 3.8) is 0 Å². The molecule has 1 heterocycles. The number of anilines is 1. The first kappa shape index (κ1) is 9.96. The molecule has 4 nitrogen and oxygen atoms in total. The lowest BCUT2D eigenvalue weighted by molar-refractivity contribution is 0.0951. The molecule has 4 heteroatoms. The summed E-state index contributed by atoms with van der Waals surface area (Å²) in [7, 11) is 1.80. The normalized spacial score (nSPS) is 14.8. The molecule has 80 valence electrons. The van der Waals surface area contributed by atoms with Crippen LogP contribution < -0.4 is 10.6 Å². The monoisotopic (exact) mass is 205 g/mol. The van der Waals surface area contributed by atoms with E-state index in [-0.39, 0.29) is 5.91 Å². The fraction of sp³-hybridized carbons (Fsp3) is 0.455. The molecule has 0 spiro atoms. The smallest absolute Gasteiger partial charge is 0.251 e. The Morgan fingerprint density at radius 3 is 2.80 bits per heavy atom. The molecule has 1 fully saturated rings. The van der Waals surface area contributed by atoms with Gasteiger partial charge in [-0.15, -0.1) is 0 Å². The minimum Gasteiger partial charge on any atom is -0.373 e. The van der Waals surface area contributed by atoms with Crippen LogP contribution in [0.5, 0.6) is 0 Å².